The van der Waals surface area contributed by atoms with Crippen LogP contribution in [0.4, 0.5) is 0 Å². The molecule has 5 rings (SSSR count). The molecule has 25 heavy (non-hydrogen) atoms. The summed E-state index contributed by atoms with van der Waals surface area (Å²) in [7, 11) is 0. The van der Waals surface area contributed by atoms with Gasteiger partial charge in [0.25, 0.3) is 0 Å². The molecule has 4 aromatic carbocycles. The van der Waals surface area contributed by atoms with Gasteiger partial charge in [0.15, 0.2) is 0 Å². The summed E-state index contributed by atoms with van der Waals surface area (Å²) < 4.78 is 6.23. The zero-order valence-electron chi connectivity index (χ0n) is 13.6. The van der Waals surface area contributed by atoms with Gasteiger partial charge in [0.05, 0.1) is 0 Å². The summed E-state index contributed by atoms with van der Waals surface area (Å²) in [6.45, 7) is 0. The summed E-state index contributed by atoms with van der Waals surface area (Å²) in [5.41, 5.74) is 6.61. The second-order valence-corrected chi connectivity index (χ2v) is 6.23. The molecule has 0 saturated heterocycles. The lowest BCUT2D eigenvalue weighted by Crippen LogP contribution is -1.83. The highest BCUT2D eigenvalue weighted by Crippen LogP contribution is 2.39. The molecular formula is C24H16O. The molecule has 0 saturated carbocycles. The zero-order valence-corrected chi connectivity index (χ0v) is 13.6. The van der Waals surface area contributed by atoms with Crippen molar-refractivity contribution in [1.82, 2.24) is 0 Å². The number of hydrogen-bond acceptors (Lipinski definition) is 1. The van der Waals surface area contributed by atoms with Crippen molar-refractivity contribution in [3.8, 4) is 22.3 Å². The minimum Gasteiger partial charge on any atom is -0.455 e. The van der Waals surface area contributed by atoms with E-state index in [9.17, 15) is 0 Å². The SMILES string of the molecule is c1ccc(-c2cc(-c3ccccc3)c3oc4ccccc4c3c2)cc1. The van der Waals surface area contributed by atoms with Crippen LogP contribution in [0.5, 0.6) is 0 Å². The highest BCUT2D eigenvalue weighted by atomic mass is 16.3. The average molecular weight is 320 g/mol. The maximum Gasteiger partial charge on any atom is 0.143 e. The first-order valence-corrected chi connectivity index (χ1v) is 8.46. The molecule has 0 amide bonds. The Labute approximate surface area is 146 Å². The minimum absolute atomic E-state index is 0.930. The van der Waals surface area contributed by atoms with E-state index in [0.29, 0.717) is 0 Å². The Bertz CT molecular complexity index is 1170. The van der Waals surface area contributed by atoms with Gasteiger partial charge in [0.1, 0.15) is 11.2 Å². The summed E-state index contributed by atoms with van der Waals surface area (Å²) in [5, 5.41) is 2.32. The fraction of sp³-hybridized carbons (Fsp3) is 0. The monoisotopic (exact) mass is 320 g/mol. The average Bonchev–Trinajstić information content (AvgIpc) is 3.07. The van der Waals surface area contributed by atoms with Crippen molar-refractivity contribution in [3.63, 3.8) is 0 Å². The molecule has 0 aliphatic heterocycles. The van der Waals surface area contributed by atoms with Gasteiger partial charge in [-0.05, 0) is 34.9 Å². The quantitative estimate of drug-likeness (QED) is 0.344. The van der Waals surface area contributed by atoms with Crippen molar-refractivity contribution >= 4 is 21.9 Å². The normalized spacial score (nSPS) is 11.2. The van der Waals surface area contributed by atoms with Crippen molar-refractivity contribution < 1.29 is 4.42 Å². The Kier molecular flexibility index (Phi) is 3.17. The van der Waals surface area contributed by atoms with E-state index in [1.165, 1.54) is 16.7 Å². The van der Waals surface area contributed by atoms with E-state index in [2.05, 4.69) is 72.8 Å². The number of para-hydroxylation sites is 1. The molecular weight excluding hydrogens is 304 g/mol. The number of benzene rings is 4. The van der Waals surface area contributed by atoms with E-state index in [1.54, 1.807) is 0 Å². The third-order valence-electron chi connectivity index (χ3n) is 4.67. The Balaban J connectivity index is 1.90. The summed E-state index contributed by atoms with van der Waals surface area (Å²) >= 11 is 0. The van der Waals surface area contributed by atoms with Crippen LogP contribution < -0.4 is 0 Å². The molecule has 0 fully saturated rings. The maximum absolute atomic E-state index is 6.23. The molecule has 0 aliphatic carbocycles. The third kappa shape index (κ3) is 2.33. The van der Waals surface area contributed by atoms with Gasteiger partial charge >= 0.3 is 0 Å². The predicted molar refractivity (Wildman–Crippen MR) is 105 cm³/mol. The zero-order chi connectivity index (χ0) is 16.6. The molecule has 0 aliphatic rings. The van der Waals surface area contributed by atoms with Crippen LogP contribution in [0, 0.1) is 0 Å². The van der Waals surface area contributed by atoms with Crippen LogP contribution in [0.1, 0.15) is 0 Å². The van der Waals surface area contributed by atoms with Gasteiger partial charge in [-0.1, -0.05) is 78.9 Å². The van der Waals surface area contributed by atoms with Gasteiger partial charge in [0, 0.05) is 16.3 Å². The minimum atomic E-state index is 0.930. The molecule has 0 bridgehead atoms. The number of hydrogen-bond donors (Lipinski definition) is 0. The molecule has 0 spiro atoms. The Morgan fingerprint density at radius 3 is 1.88 bits per heavy atom. The summed E-state index contributed by atoms with van der Waals surface area (Å²) in [5.74, 6) is 0. The van der Waals surface area contributed by atoms with E-state index in [0.717, 1.165) is 27.5 Å². The summed E-state index contributed by atoms with van der Waals surface area (Å²) in [4.78, 5) is 0. The fourth-order valence-electron chi connectivity index (χ4n) is 3.46. The van der Waals surface area contributed by atoms with E-state index >= 15 is 0 Å². The van der Waals surface area contributed by atoms with E-state index in [-0.39, 0.29) is 0 Å². The molecule has 0 unspecified atom stereocenters. The van der Waals surface area contributed by atoms with Crippen LogP contribution in [-0.2, 0) is 0 Å². The van der Waals surface area contributed by atoms with Crippen molar-refractivity contribution in [2.24, 2.45) is 0 Å². The predicted octanol–water partition coefficient (Wildman–Crippen LogP) is 6.92. The fourth-order valence-corrected chi connectivity index (χ4v) is 3.46. The Hall–Kier alpha value is -3.32. The largest absolute Gasteiger partial charge is 0.455 e. The highest BCUT2D eigenvalue weighted by Gasteiger charge is 2.14. The number of furan rings is 1. The molecule has 118 valence electrons. The lowest BCUT2D eigenvalue weighted by Gasteiger charge is -2.08. The topological polar surface area (TPSA) is 13.1 Å². The van der Waals surface area contributed by atoms with E-state index < -0.39 is 0 Å². The molecule has 0 radical (unpaired) electrons. The van der Waals surface area contributed by atoms with Crippen LogP contribution in [0.2, 0.25) is 0 Å². The first-order valence-electron chi connectivity index (χ1n) is 8.46. The van der Waals surface area contributed by atoms with Gasteiger partial charge in [-0.25, -0.2) is 0 Å². The van der Waals surface area contributed by atoms with Crippen molar-refractivity contribution in [2.75, 3.05) is 0 Å². The van der Waals surface area contributed by atoms with E-state index in [4.69, 9.17) is 4.42 Å². The first-order chi connectivity index (χ1) is 12.4. The Morgan fingerprint density at radius 1 is 0.480 bits per heavy atom. The van der Waals surface area contributed by atoms with Gasteiger partial charge in [-0.15, -0.1) is 0 Å². The Morgan fingerprint density at radius 2 is 1.12 bits per heavy atom. The van der Waals surface area contributed by atoms with Crippen LogP contribution >= 0.6 is 0 Å². The molecule has 0 N–H and O–H groups in total. The van der Waals surface area contributed by atoms with Crippen LogP contribution in [0.3, 0.4) is 0 Å². The standard InChI is InChI=1S/C24H16O/c1-3-9-17(10-4-1)19-15-21(18-11-5-2-6-12-18)24-22(16-19)20-13-7-8-14-23(20)25-24/h1-16H. The van der Waals surface area contributed by atoms with E-state index in [1.807, 2.05) is 24.3 Å². The maximum atomic E-state index is 6.23. The van der Waals surface area contributed by atoms with Crippen molar-refractivity contribution in [2.45, 2.75) is 0 Å². The molecule has 1 heteroatoms. The van der Waals surface area contributed by atoms with Crippen molar-refractivity contribution in [1.29, 1.82) is 0 Å². The van der Waals surface area contributed by atoms with Crippen LogP contribution in [-0.4, -0.2) is 0 Å². The van der Waals surface area contributed by atoms with Crippen LogP contribution in [0.25, 0.3) is 44.2 Å². The second kappa shape index (κ2) is 5.64. The van der Waals surface area contributed by atoms with Crippen molar-refractivity contribution in [3.05, 3.63) is 97.1 Å². The van der Waals surface area contributed by atoms with Crippen LogP contribution in [0.15, 0.2) is 101 Å². The number of rotatable bonds is 2. The lowest BCUT2D eigenvalue weighted by molar-refractivity contribution is 0.670. The summed E-state index contributed by atoms with van der Waals surface area (Å²) in [6, 6.07) is 33.7. The molecule has 1 nitrogen and oxygen atoms in total. The molecule has 5 aromatic rings. The smallest absolute Gasteiger partial charge is 0.143 e. The van der Waals surface area contributed by atoms with Gasteiger partial charge in [0.2, 0.25) is 0 Å². The van der Waals surface area contributed by atoms with Gasteiger partial charge in [-0.3, -0.25) is 0 Å². The third-order valence-corrected chi connectivity index (χ3v) is 4.67. The summed E-state index contributed by atoms with van der Waals surface area (Å²) in [6.07, 6.45) is 0. The lowest BCUT2D eigenvalue weighted by atomic mass is 9.96. The molecule has 1 aromatic heterocycles. The highest BCUT2D eigenvalue weighted by molar-refractivity contribution is 6.11. The van der Waals surface area contributed by atoms with Gasteiger partial charge in [-0.2, -0.15) is 0 Å². The van der Waals surface area contributed by atoms with Gasteiger partial charge < -0.3 is 4.42 Å². The molecule has 1 heterocycles. The first kappa shape index (κ1) is 14.1. The molecule has 0 atom stereocenters. The number of fused-ring (bicyclic) bond motifs is 3. The second-order valence-electron chi connectivity index (χ2n) is 6.23.